The average molecular weight is 259 g/mol. The zero-order chi connectivity index (χ0) is 13.5. The number of aromatic hydroxyl groups is 1. The number of hydrogen-bond donors (Lipinski definition) is 2. The number of amides is 1. The zero-order valence-corrected chi connectivity index (χ0v) is 10.6. The molecule has 0 aliphatic carbocycles. The van der Waals surface area contributed by atoms with Gasteiger partial charge in [-0.15, -0.1) is 0 Å². The van der Waals surface area contributed by atoms with Crippen molar-refractivity contribution in [2.75, 3.05) is 6.54 Å². The number of hydrogen-bond acceptors (Lipinski definition) is 3. The molecule has 2 rings (SSSR count). The lowest BCUT2D eigenvalue weighted by Crippen LogP contribution is -2.26. The van der Waals surface area contributed by atoms with Gasteiger partial charge in [-0.25, -0.2) is 4.98 Å². The van der Waals surface area contributed by atoms with Gasteiger partial charge in [0.1, 0.15) is 5.75 Å². The molecule has 1 aromatic heterocycles. The van der Waals surface area contributed by atoms with E-state index in [9.17, 15) is 9.90 Å². The van der Waals surface area contributed by atoms with Crippen LogP contribution < -0.4 is 5.32 Å². The Morgan fingerprint density at radius 1 is 1.42 bits per heavy atom. The molecule has 100 valence electrons. The van der Waals surface area contributed by atoms with Gasteiger partial charge < -0.3 is 15.0 Å². The Morgan fingerprint density at radius 2 is 2.32 bits per heavy atom. The number of carbonyl (C=O) groups excluding carboxylic acids is 1. The van der Waals surface area contributed by atoms with Crippen LogP contribution in [0.4, 0.5) is 0 Å². The fourth-order valence-electron chi connectivity index (χ4n) is 1.82. The second kappa shape index (κ2) is 6.58. The molecule has 0 fully saturated rings. The van der Waals surface area contributed by atoms with Gasteiger partial charge in [-0.3, -0.25) is 4.79 Å². The van der Waals surface area contributed by atoms with Crippen LogP contribution in [0.15, 0.2) is 43.0 Å². The van der Waals surface area contributed by atoms with Crippen LogP contribution in [0.2, 0.25) is 0 Å². The number of phenols is 1. The molecule has 0 spiro atoms. The van der Waals surface area contributed by atoms with Crippen LogP contribution in [0.1, 0.15) is 12.0 Å². The molecule has 0 atom stereocenters. The number of aryl methyl sites for hydroxylation is 1. The van der Waals surface area contributed by atoms with Crippen molar-refractivity contribution in [3.8, 4) is 5.75 Å². The van der Waals surface area contributed by atoms with Crippen LogP contribution in [0.25, 0.3) is 0 Å². The monoisotopic (exact) mass is 259 g/mol. The Bertz CT molecular complexity index is 523. The number of phenolic OH excluding ortho intramolecular Hbond substituents is 1. The highest BCUT2D eigenvalue weighted by Crippen LogP contribution is 2.11. The normalized spacial score (nSPS) is 10.3. The molecule has 0 unspecified atom stereocenters. The van der Waals surface area contributed by atoms with Crippen molar-refractivity contribution in [1.82, 2.24) is 14.9 Å². The van der Waals surface area contributed by atoms with Gasteiger partial charge in [0.25, 0.3) is 0 Å². The maximum Gasteiger partial charge on any atom is 0.224 e. The van der Waals surface area contributed by atoms with Gasteiger partial charge >= 0.3 is 0 Å². The highest BCUT2D eigenvalue weighted by atomic mass is 16.3. The number of carbonyl (C=O) groups is 1. The van der Waals surface area contributed by atoms with E-state index in [0.29, 0.717) is 13.0 Å². The highest BCUT2D eigenvalue weighted by Gasteiger charge is 2.03. The van der Waals surface area contributed by atoms with Gasteiger partial charge in [0.15, 0.2) is 0 Å². The van der Waals surface area contributed by atoms with E-state index in [0.717, 1.165) is 18.5 Å². The van der Waals surface area contributed by atoms with E-state index >= 15 is 0 Å². The fraction of sp³-hybridized carbons (Fsp3) is 0.286. The summed E-state index contributed by atoms with van der Waals surface area (Å²) in [7, 11) is 0. The third-order valence-electron chi connectivity index (χ3n) is 2.75. The minimum absolute atomic E-state index is 0.0313. The third kappa shape index (κ3) is 4.46. The lowest BCUT2D eigenvalue weighted by Gasteiger charge is -2.06. The van der Waals surface area contributed by atoms with Crippen molar-refractivity contribution in [3.63, 3.8) is 0 Å². The first-order valence-corrected chi connectivity index (χ1v) is 6.24. The molecule has 0 radical (unpaired) electrons. The van der Waals surface area contributed by atoms with Gasteiger partial charge in [-0.2, -0.15) is 0 Å². The molecule has 0 aliphatic rings. The van der Waals surface area contributed by atoms with E-state index in [1.54, 1.807) is 30.7 Å². The van der Waals surface area contributed by atoms with E-state index in [1.165, 1.54) is 0 Å². The molecular formula is C14H17N3O2. The van der Waals surface area contributed by atoms with Gasteiger partial charge in [0.05, 0.1) is 12.7 Å². The van der Waals surface area contributed by atoms with Crippen molar-refractivity contribution >= 4 is 5.91 Å². The Labute approximate surface area is 111 Å². The molecular weight excluding hydrogens is 242 g/mol. The van der Waals surface area contributed by atoms with Crippen molar-refractivity contribution in [2.24, 2.45) is 0 Å². The van der Waals surface area contributed by atoms with Crippen molar-refractivity contribution in [2.45, 2.75) is 19.4 Å². The molecule has 2 N–H and O–H groups in total. The van der Waals surface area contributed by atoms with Crippen molar-refractivity contribution in [1.29, 1.82) is 0 Å². The average Bonchev–Trinajstić information content (AvgIpc) is 2.88. The fourth-order valence-corrected chi connectivity index (χ4v) is 1.82. The predicted octanol–water partition coefficient (Wildman–Crippen LogP) is 1.34. The minimum Gasteiger partial charge on any atom is -0.508 e. The van der Waals surface area contributed by atoms with Crippen LogP contribution in [0.3, 0.4) is 0 Å². The topological polar surface area (TPSA) is 67.2 Å². The Hall–Kier alpha value is -2.30. The summed E-state index contributed by atoms with van der Waals surface area (Å²) in [5.74, 6) is 0.154. The third-order valence-corrected chi connectivity index (χ3v) is 2.75. The largest absolute Gasteiger partial charge is 0.508 e. The van der Waals surface area contributed by atoms with Gasteiger partial charge in [0.2, 0.25) is 5.91 Å². The summed E-state index contributed by atoms with van der Waals surface area (Å²) in [6, 6.07) is 6.75. The summed E-state index contributed by atoms with van der Waals surface area (Å²) >= 11 is 0. The number of nitrogens with one attached hydrogen (secondary N) is 1. The summed E-state index contributed by atoms with van der Waals surface area (Å²) < 4.78 is 1.97. The van der Waals surface area contributed by atoms with Crippen molar-refractivity contribution in [3.05, 3.63) is 48.5 Å². The Morgan fingerprint density at radius 3 is 3.05 bits per heavy atom. The smallest absolute Gasteiger partial charge is 0.224 e. The Kier molecular flexibility index (Phi) is 4.55. The molecule has 2 aromatic rings. The molecule has 0 saturated heterocycles. The molecule has 1 heterocycles. The first-order valence-electron chi connectivity index (χ1n) is 6.24. The first-order chi connectivity index (χ1) is 9.24. The van der Waals surface area contributed by atoms with E-state index in [1.807, 2.05) is 16.8 Å². The summed E-state index contributed by atoms with van der Waals surface area (Å²) in [5, 5.41) is 12.2. The second-order valence-corrected chi connectivity index (χ2v) is 4.35. The van der Waals surface area contributed by atoms with Crippen LogP contribution in [0.5, 0.6) is 5.75 Å². The minimum atomic E-state index is -0.0313. The van der Waals surface area contributed by atoms with E-state index in [4.69, 9.17) is 0 Å². The van der Waals surface area contributed by atoms with Crippen LogP contribution >= 0.6 is 0 Å². The molecule has 1 aromatic carbocycles. The first kappa shape index (κ1) is 13.1. The van der Waals surface area contributed by atoms with Crippen molar-refractivity contribution < 1.29 is 9.90 Å². The SMILES string of the molecule is O=C(Cc1cccc(O)c1)NCCCn1ccnc1. The van der Waals surface area contributed by atoms with Crippen LogP contribution in [0, 0.1) is 0 Å². The molecule has 5 nitrogen and oxygen atoms in total. The number of rotatable bonds is 6. The second-order valence-electron chi connectivity index (χ2n) is 4.35. The number of aromatic nitrogens is 2. The molecule has 0 aliphatic heterocycles. The standard InChI is InChI=1S/C14H17N3O2/c18-13-4-1-3-12(9-13)10-14(19)16-5-2-7-17-8-6-15-11-17/h1,3-4,6,8-9,11,18H,2,5,7,10H2,(H,16,19). The number of benzene rings is 1. The maximum atomic E-state index is 11.7. The van der Waals surface area contributed by atoms with Crippen LogP contribution in [-0.2, 0) is 17.8 Å². The van der Waals surface area contributed by atoms with Gasteiger partial charge in [-0.1, -0.05) is 12.1 Å². The van der Waals surface area contributed by atoms with E-state index < -0.39 is 0 Å². The highest BCUT2D eigenvalue weighted by molar-refractivity contribution is 5.78. The summed E-state index contributed by atoms with van der Waals surface area (Å²) in [6.45, 7) is 1.47. The quantitative estimate of drug-likeness (QED) is 0.769. The van der Waals surface area contributed by atoms with E-state index in [-0.39, 0.29) is 11.7 Å². The number of nitrogens with zero attached hydrogens (tertiary/aromatic N) is 2. The molecule has 0 saturated carbocycles. The molecule has 19 heavy (non-hydrogen) atoms. The van der Waals surface area contributed by atoms with E-state index in [2.05, 4.69) is 10.3 Å². The summed E-state index contributed by atoms with van der Waals surface area (Å²) in [4.78, 5) is 15.6. The summed E-state index contributed by atoms with van der Waals surface area (Å²) in [5.41, 5.74) is 0.812. The lowest BCUT2D eigenvalue weighted by molar-refractivity contribution is -0.120. The molecule has 5 heteroatoms. The molecule has 0 bridgehead atoms. The van der Waals surface area contributed by atoms with Crippen LogP contribution in [-0.4, -0.2) is 27.1 Å². The van der Waals surface area contributed by atoms with Gasteiger partial charge in [0, 0.05) is 25.5 Å². The predicted molar refractivity (Wildman–Crippen MR) is 71.7 cm³/mol. The maximum absolute atomic E-state index is 11.7. The number of imidazole rings is 1. The zero-order valence-electron chi connectivity index (χ0n) is 10.6. The van der Waals surface area contributed by atoms with Gasteiger partial charge in [-0.05, 0) is 24.1 Å². The molecule has 1 amide bonds. The lowest BCUT2D eigenvalue weighted by atomic mass is 10.1. The summed E-state index contributed by atoms with van der Waals surface area (Å²) in [6.07, 6.45) is 6.55. The Balaban J connectivity index is 1.67.